The Bertz CT molecular complexity index is 38.8. The fraction of sp³-hybridized carbons (Fsp3) is 1.00. The lowest BCUT2D eigenvalue weighted by Gasteiger charge is -1.83. The van der Waals surface area contributed by atoms with E-state index in [4.69, 9.17) is 0 Å². The molecule has 0 amide bonds. The molecule has 0 aromatic carbocycles. The van der Waals surface area contributed by atoms with E-state index in [1.54, 1.807) is 0 Å². The summed E-state index contributed by atoms with van der Waals surface area (Å²) in [6.07, 6.45) is 1.32. The van der Waals surface area contributed by atoms with Crippen LogP contribution in [0, 0.1) is 0 Å². The summed E-state index contributed by atoms with van der Waals surface area (Å²) in [5.41, 5.74) is 3.91. The zero-order valence-electron chi connectivity index (χ0n) is 3.98. The molecule has 0 bridgehead atoms. The first-order chi connectivity index (χ1) is 2.89. The van der Waals surface area contributed by atoms with Crippen LogP contribution in [0.4, 0.5) is 0 Å². The van der Waals surface area contributed by atoms with Crippen molar-refractivity contribution in [3.63, 3.8) is 0 Å². The van der Waals surface area contributed by atoms with Crippen LogP contribution in [0.25, 0.3) is 0 Å². The summed E-state index contributed by atoms with van der Waals surface area (Å²) in [7, 11) is 0. The van der Waals surface area contributed by atoms with E-state index < -0.39 is 0 Å². The average Bonchev–Trinajstić information content (AvgIpc) is 1.86. The number of hydrogen-bond donors (Lipinski definition) is 2. The predicted octanol–water partition coefficient (Wildman–Crippen LogP) is -2.44. The number of rotatable bonds is 0. The number of nitrogens with two attached hydrogens (primary N) is 1. The summed E-state index contributed by atoms with van der Waals surface area (Å²) in [6, 6.07) is 0.741. The highest BCUT2D eigenvalue weighted by Crippen LogP contribution is 1.79. The Morgan fingerprint density at radius 3 is 2.67 bits per heavy atom. The van der Waals surface area contributed by atoms with Crippen molar-refractivity contribution in [2.75, 3.05) is 13.1 Å². The zero-order chi connectivity index (χ0) is 4.41. The second-order valence-corrected chi connectivity index (χ2v) is 1.97. The third kappa shape index (κ3) is 0.698. The molecule has 0 aromatic rings. The largest absolute Gasteiger partial charge is 0.350 e. The van der Waals surface area contributed by atoms with Crippen LogP contribution >= 0.6 is 0 Å². The molecule has 1 rings (SSSR count). The Morgan fingerprint density at radius 1 is 1.67 bits per heavy atom. The lowest BCUT2D eigenvalue weighted by Crippen LogP contribution is -2.84. The van der Waals surface area contributed by atoms with Crippen molar-refractivity contribution in [2.45, 2.75) is 12.5 Å². The van der Waals surface area contributed by atoms with E-state index in [0.29, 0.717) is 0 Å². The van der Waals surface area contributed by atoms with Crippen LogP contribution in [-0.2, 0) is 0 Å². The van der Waals surface area contributed by atoms with Gasteiger partial charge in [-0.25, -0.2) is 0 Å². The van der Waals surface area contributed by atoms with Crippen LogP contribution in [-0.4, -0.2) is 19.1 Å². The van der Waals surface area contributed by atoms with Gasteiger partial charge in [0.15, 0.2) is 0 Å². The molecule has 6 heavy (non-hydrogen) atoms. The molecule has 0 saturated carbocycles. The summed E-state index contributed by atoms with van der Waals surface area (Å²) in [4.78, 5) is 0. The minimum absolute atomic E-state index is 0.741. The van der Waals surface area contributed by atoms with Crippen molar-refractivity contribution in [1.29, 1.82) is 0 Å². The molecule has 0 aliphatic carbocycles. The number of hydrogen-bond acceptors (Lipinski definition) is 0. The van der Waals surface area contributed by atoms with Crippen LogP contribution in [0.2, 0.25) is 0 Å². The highest BCUT2D eigenvalue weighted by molar-refractivity contribution is 4.51. The van der Waals surface area contributed by atoms with Crippen LogP contribution in [0.3, 0.4) is 0 Å². The first-order valence-corrected chi connectivity index (χ1v) is 2.54. The molecular formula is C4H12N2+2. The first-order valence-electron chi connectivity index (χ1n) is 2.54. The normalized spacial score (nSPS) is 34.5. The van der Waals surface area contributed by atoms with Crippen LogP contribution in [0.15, 0.2) is 0 Å². The molecule has 0 aromatic heterocycles. The molecule has 0 unspecified atom stereocenters. The maximum absolute atomic E-state index is 3.91. The molecule has 1 atom stereocenters. The van der Waals surface area contributed by atoms with Gasteiger partial charge in [0.25, 0.3) is 0 Å². The summed E-state index contributed by atoms with van der Waals surface area (Å²) in [6.45, 7) is 2.55. The number of quaternary nitrogens is 2. The minimum Gasteiger partial charge on any atom is -0.350 e. The maximum Gasteiger partial charge on any atom is 0.139 e. The lowest BCUT2D eigenvalue weighted by molar-refractivity contribution is -0.649. The summed E-state index contributed by atoms with van der Waals surface area (Å²) in [5, 5.41) is 2.32. The molecular weight excluding hydrogens is 76.1 g/mol. The van der Waals surface area contributed by atoms with Gasteiger partial charge in [-0.3, -0.25) is 0 Å². The molecule has 36 valence electrons. The smallest absolute Gasteiger partial charge is 0.139 e. The topological polar surface area (TPSA) is 44.2 Å². The van der Waals surface area contributed by atoms with E-state index in [1.165, 1.54) is 19.5 Å². The van der Waals surface area contributed by atoms with E-state index in [0.717, 1.165) is 6.04 Å². The van der Waals surface area contributed by atoms with Gasteiger partial charge in [0.05, 0.1) is 13.0 Å². The quantitative estimate of drug-likeness (QED) is 0.330. The van der Waals surface area contributed by atoms with Crippen molar-refractivity contribution in [2.24, 2.45) is 0 Å². The second-order valence-electron chi connectivity index (χ2n) is 1.97. The summed E-state index contributed by atoms with van der Waals surface area (Å²) in [5.74, 6) is 0. The molecule has 1 saturated heterocycles. The van der Waals surface area contributed by atoms with Gasteiger partial charge in [-0.05, 0) is 0 Å². The fourth-order valence-corrected chi connectivity index (χ4v) is 0.825. The van der Waals surface area contributed by atoms with Crippen molar-refractivity contribution in [1.82, 2.24) is 0 Å². The van der Waals surface area contributed by atoms with Crippen molar-refractivity contribution >= 4 is 0 Å². The van der Waals surface area contributed by atoms with Crippen molar-refractivity contribution in [3.8, 4) is 0 Å². The van der Waals surface area contributed by atoms with E-state index in [1.807, 2.05) is 0 Å². The van der Waals surface area contributed by atoms with E-state index in [-0.39, 0.29) is 0 Å². The van der Waals surface area contributed by atoms with Gasteiger partial charge in [-0.2, -0.15) is 0 Å². The highest BCUT2D eigenvalue weighted by Gasteiger charge is 2.14. The average molecular weight is 88.2 g/mol. The highest BCUT2D eigenvalue weighted by atomic mass is 14.9. The molecule has 1 aliphatic heterocycles. The zero-order valence-corrected chi connectivity index (χ0v) is 3.98. The molecule has 5 N–H and O–H groups in total. The van der Waals surface area contributed by atoms with Crippen LogP contribution < -0.4 is 11.1 Å². The van der Waals surface area contributed by atoms with Gasteiger partial charge in [0.2, 0.25) is 0 Å². The molecule has 0 radical (unpaired) electrons. The molecule has 1 aliphatic rings. The molecule has 1 fully saturated rings. The third-order valence-corrected chi connectivity index (χ3v) is 1.28. The van der Waals surface area contributed by atoms with E-state index in [2.05, 4.69) is 11.1 Å². The summed E-state index contributed by atoms with van der Waals surface area (Å²) < 4.78 is 0. The minimum atomic E-state index is 0.741. The Balaban J connectivity index is 2.18. The Morgan fingerprint density at radius 2 is 2.50 bits per heavy atom. The molecule has 2 nitrogen and oxygen atoms in total. The van der Waals surface area contributed by atoms with Crippen molar-refractivity contribution < 1.29 is 11.1 Å². The fourth-order valence-electron chi connectivity index (χ4n) is 0.825. The van der Waals surface area contributed by atoms with Gasteiger partial charge in [-0.1, -0.05) is 0 Å². The Hall–Kier alpha value is -0.0800. The van der Waals surface area contributed by atoms with Gasteiger partial charge in [0, 0.05) is 0 Å². The Labute approximate surface area is 37.7 Å². The Kier molecular flexibility index (Phi) is 1.08. The van der Waals surface area contributed by atoms with E-state index in [9.17, 15) is 0 Å². The second kappa shape index (κ2) is 1.58. The third-order valence-electron chi connectivity index (χ3n) is 1.28. The van der Waals surface area contributed by atoms with Gasteiger partial charge < -0.3 is 11.1 Å². The van der Waals surface area contributed by atoms with Crippen LogP contribution in [0.5, 0.6) is 0 Å². The first kappa shape index (κ1) is 4.09. The monoisotopic (exact) mass is 88.1 g/mol. The standard InChI is InChI=1S/C4H10N2/c5-4-1-2-6-3-4/h4,6H,1-3,5H2/p+2/t4-/m1/s1. The molecule has 1 heterocycles. The van der Waals surface area contributed by atoms with Gasteiger partial charge >= 0.3 is 0 Å². The van der Waals surface area contributed by atoms with E-state index >= 15 is 0 Å². The molecule has 0 spiro atoms. The van der Waals surface area contributed by atoms with Gasteiger partial charge in [-0.15, -0.1) is 0 Å². The summed E-state index contributed by atoms with van der Waals surface area (Å²) >= 11 is 0. The molecule has 2 heteroatoms. The SMILES string of the molecule is [NH3+][C@@H]1CC[NH2+]C1. The predicted molar refractivity (Wildman–Crippen MR) is 23.0 cm³/mol. The van der Waals surface area contributed by atoms with Crippen molar-refractivity contribution in [3.05, 3.63) is 0 Å². The lowest BCUT2D eigenvalue weighted by atomic mass is 10.3. The van der Waals surface area contributed by atoms with Gasteiger partial charge in [0.1, 0.15) is 12.6 Å². The maximum atomic E-state index is 3.91. The van der Waals surface area contributed by atoms with Crippen LogP contribution in [0.1, 0.15) is 6.42 Å².